The highest BCUT2D eigenvalue weighted by atomic mass is 32.2. The molecule has 0 fully saturated rings. The Bertz CT molecular complexity index is 1280. The minimum Gasteiger partial charge on any atom is -0.466 e. The number of hydrogen-bond acceptors (Lipinski definition) is 5. The van der Waals surface area contributed by atoms with Gasteiger partial charge in [0.2, 0.25) is 15.9 Å². The molecule has 0 heterocycles. The first kappa shape index (κ1) is 26.1. The number of nitrogens with zero attached hydrogens (tertiary/aromatic N) is 1. The summed E-state index contributed by atoms with van der Waals surface area (Å²) in [7, 11) is -4.09. The fourth-order valence-corrected chi connectivity index (χ4v) is 4.72. The smallest absolute Gasteiger partial charge is 0.310 e. The normalized spacial score (nSPS) is 11.3. The van der Waals surface area contributed by atoms with E-state index in [2.05, 4.69) is 5.32 Å². The van der Waals surface area contributed by atoms with E-state index in [1.807, 2.05) is 6.92 Å². The summed E-state index contributed by atoms with van der Waals surface area (Å²) < 4.78 is 46.8. The van der Waals surface area contributed by atoms with Crippen LogP contribution in [0.4, 0.5) is 10.1 Å². The zero-order valence-corrected chi connectivity index (χ0v) is 20.3. The molecule has 9 heteroatoms. The quantitative estimate of drug-likeness (QED) is 0.426. The standard InChI is InChI=1S/C26H27FN2O5S/c1-3-34-26(31)16-20-10-12-22(13-11-20)28-25(30)18-29(17-21-6-4-5-7-24(21)27)35(32,33)23-14-8-19(2)9-15-23/h4-15H,3,16-18H2,1-2H3,(H,28,30). The van der Waals surface area contributed by atoms with E-state index in [0.717, 1.165) is 9.87 Å². The first-order chi connectivity index (χ1) is 16.7. The van der Waals surface area contributed by atoms with E-state index in [9.17, 15) is 22.4 Å². The molecule has 7 nitrogen and oxygen atoms in total. The highest BCUT2D eigenvalue weighted by Gasteiger charge is 2.27. The Morgan fingerprint density at radius 2 is 1.63 bits per heavy atom. The highest BCUT2D eigenvalue weighted by molar-refractivity contribution is 7.89. The number of esters is 1. The summed E-state index contributed by atoms with van der Waals surface area (Å²) in [4.78, 5) is 24.4. The number of ether oxygens (including phenoxy) is 1. The first-order valence-corrected chi connectivity index (χ1v) is 12.5. The third kappa shape index (κ3) is 7.21. The molecule has 3 aromatic rings. The molecule has 0 atom stereocenters. The van der Waals surface area contributed by atoms with Crippen LogP contribution in [-0.2, 0) is 37.3 Å². The second-order valence-electron chi connectivity index (χ2n) is 7.90. The Morgan fingerprint density at radius 1 is 0.971 bits per heavy atom. The van der Waals surface area contributed by atoms with Crippen molar-refractivity contribution in [2.45, 2.75) is 31.7 Å². The molecule has 1 amide bonds. The summed E-state index contributed by atoms with van der Waals surface area (Å²) in [5, 5.41) is 2.66. The van der Waals surface area contributed by atoms with Gasteiger partial charge in [0, 0.05) is 17.8 Å². The van der Waals surface area contributed by atoms with Gasteiger partial charge in [0.05, 0.1) is 24.5 Å². The molecule has 3 aromatic carbocycles. The van der Waals surface area contributed by atoms with Crippen LogP contribution in [-0.4, -0.2) is 37.8 Å². The lowest BCUT2D eigenvalue weighted by Gasteiger charge is -2.22. The molecule has 3 rings (SSSR count). The van der Waals surface area contributed by atoms with Crippen LogP contribution in [0.5, 0.6) is 0 Å². The lowest BCUT2D eigenvalue weighted by molar-refractivity contribution is -0.142. The van der Waals surface area contributed by atoms with Crippen LogP contribution in [0.2, 0.25) is 0 Å². The van der Waals surface area contributed by atoms with E-state index >= 15 is 0 Å². The number of hydrogen-bond donors (Lipinski definition) is 1. The average molecular weight is 499 g/mol. The van der Waals surface area contributed by atoms with Crippen LogP contribution in [0, 0.1) is 12.7 Å². The molecule has 0 aliphatic rings. The van der Waals surface area contributed by atoms with Gasteiger partial charge in [0.1, 0.15) is 5.82 Å². The van der Waals surface area contributed by atoms with Crippen molar-refractivity contribution in [3.63, 3.8) is 0 Å². The predicted octanol–water partition coefficient (Wildman–Crippen LogP) is 4.07. The molecular weight excluding hydrogens is 471 g/mol. The van der Waals surface area contributed by atoms with Crippen LogP contribution < -0.4 is 5.32 Å². The van der Waals surface area contributed by atoms with Gasteiger partial charge < -0.3 is 10.1 Å². The van der Waals surface area contributed by atoms with Crippen LogP contribution in [0.1, 0.15) is 23.6 Å². The minimum absolute atomic E-state index is 0.00978. The second-order valence-corrected chi connectivity index (χ2v) is 9.84. The largest absolute Gasteiger partial charge is 0.466 e. The van der Waals surface area contributed by atoms with Crippen molar-refractivity contribution < 1.29 is 27.1 Å². The zero-order chi connectivity index (χ0) is 25.4. The Balaban J connectivity index is 1.78. The van der Waals surface area contributed by atoms with Crippen LogP contribution in [0.15, 0.2) is 77.7 Å². The predicted molar refractivity (Wildman–Crippen MR) is 131 cm³/mol. The van der Waals surface area contributed by atoms with E-state index in [-0.39, 0.29) is 29.4 Å². The van der Waals surface area contributed by atoms with Gasteiger partial charge in [-0.2, -0.15) is 4.31 Å². The number of anilines is 1. The van der Waals surface area contributed by atoms with E-state index in [0.29, 0.717) is 17.9 Å². The van der Waals surface area contributed by atoms with Gasteiger partial charge in [-0.05, 0) is 49.7 Å². The van der Waals surface area contributed by atoms with Gasteiger partial charge in [-0.1, -0.05) is 48.0 Å². The maximum atomic E-state index is 14.3. The van der Waals surface area contributed by atoms with Crippen molar-refractivity contribution >= 4 is 27.6 Å². The van der Waals surface area contributed by atoms with Crippen molar-refractivity contribution in [1.82, 2.24) is 4.31 Å². The Kier molecular flexibility index (Phi) is 8.73. The summed E-state index contributed by atoms with van der Waals surface area (Å²) in [6.45, 7) is 3.02. The molecule has 0 saturated heterocycles. The lowest BCUT2D eigenvalue weighted by Crippen LogP contribution is -2.37. The molecule has 0 spiro atoms. The summed E-state index contributed by atoms with van der Waals surface area (Å²) in [6.07, 6.45) is 0.104. The number of benzene rings is 3. The molecule has 1 N–H and O–H groups in total. The molecule has 0 unspecified atom stereocenters. The summed E-state index contributed by atoms with van der Waals surface area (Å²) in [6, 6.07) is 18.6. The van der Waals surface area contributed by atoms with Crippen LogP contribution >= 0.6 is 0 Å². The number of nitrogens with one attached hydrogen (secondary N) is 1. The Hall–Kier alpha value is -3.56. The minimum atomic E-state index is -4.09. The number of carbonyl (C=O) groups excluding carboxylic acids is 2. The number of aryl methyl sites for hydroxylation is 1. The monoisotopic (exact) mass is 498 g/mol. The fraction of sp³-hybridized carbons (Fsp3) is 0.231. The topological polar surface area (TPSA) is 92.8 Å². The van der Waals surface area contributed by atoms with Crippen molar-refractivity contribution in [2.75, 3.05) is 18.5 Å². The van der Waals surface area contributed by atoms with Gasteiger partial charge in [-0.3, -0.25) is 9.59 Å². The van der Waals surface area contributed by atoms with E-state index < -0.39 is 28.3 Å². The van der Waals surface area contributed by atoms with Crippen molar-refractivity contribution in [3.05, 3.63) is 95.3 Å². The number of amides is 1. The van der Waals surface area contributed by atoms with Gasteiger partial charge in [0.15, 0.2) is 0 Å². The fourth-order valence-electron chi connectivity index (χ4n) is 3.35. The Labute approximate surface area is 204 Å². The number of rotatable bonds is 10. The summed E-state index contributed by atoms with van der Waals surface area (Å²) in [5.74, 6) is -1.50. The SMILES string of the molecule is CCOC(=O)Cc1ccc(NC(=O)CN(Cc2ccccc2F)S(=O)(=O)c2ccc(C)cc2)cc1. The van der Waals surface area contributed by atoms with Gasteiger partial charge in [-0.15, -0.1) is 0 Å². The van der Waals surface area contributed by atoms with Gasteiger partial charge in [0.25, 0.3) is 0 Å². The van der Waals surface area contributed by atoms with Crippen LogP contribution in [0.3, 0.4) is 0 Å². The molecule has 0 radical (unpaired) electrons. The van der Waals surface area contributed by atoms with E-state index in [1.54, 1.807) is 49.4 Å². The van der Waals surface area contributed by atoms with E-state index in [1.165, 1.54) is 30.3 Å². The molecule has 0 bridgehead atoms. The van der Waals surface area contributed by atoms with Gasteiger partial charge >= 0.3 is 5.97 Å². The van der Waals surface area contributed by atoms with Crippen molar-refractivity contribution in [3.8, 4) is 0 Å². The molecular formula is C26H27FN2O5S. The summed E-state index contributed by atoms with van der Waals surface area (Å²) in [5.41, 5.74) is 2.18. The molecule has 0 saturated carbocycles. The highest BCUT2D eigenvalue weighted by Crippen LogP contribution is 2.21. The average Bonchev–Trinajstić information content (AvgIpc) is 2.81. The molecule has 184 valence electrons. The van der Waals surface area contributed by atoms with E-state index in [4.69, 9.17) is 4.74 Å². The van der Waals surface area contributed by atoms with Crippen LogP contribution in [0.25, 0.3) is 0 Å². The van der Waals surface area contributed by atoms with Crippen molar-refractivity contribution in [1.29, 1.82) is 0 Å². The Morgan fingerprint density at radius 3 is 2.26 bits per heavy atom. The molecule has 0 aliphatic carbocycles. The third-order valence-electron chi connectivity index (χ3n) is 5.17. The number of sulfonamides is 1. The molecule has 0 aromatic heterocycles. The zero-order valence-electron chi connectivity index (χ0n) is 19.5. The first-order valence-electron chi connectivity index (χ1n) is 11.0. The summed E-state index contributed by atoms with van der Waals surface area (Å²) >= 11 is 0. The molecule has 35 heavy (non-hydrogen) atoms. The van der Waals surface area contributed by atoms with Gasteiger partial charge in [-0.25, -0.2) is 12.8 Å². The van der Waals surface area contributed by atoms with Crippen molar-refractivity contribution in [2.24, 2.45) is 0 Å². The molecule has 0 aliphatic heterocycles. The third-order valence-corrected chi connectivity index (χ3v) is 6.98. The number of halogens is 1. The number of carbonyl (C=O) groups is 2. The second kappa shape index (κ2) is 11.7. The maximum Gasteiger partial charge on any atom is 0.310 e. The maximum absolute atomic E-state index is 14.3. The lowest BCUT2D eigenvalue weighted by atomic mass is 10.1.